The lowest BCUT2D eigenvalue weighted by Crippen LogP contribution is -2.13. The molecule has 80 valence electrons. The molecule has 3 rings (SSSR count). The summed E-state index contributed by atoms with van der Waals surface area (Å²) in [6, 6.07) is 3.89. The van der Waals surface area contributed by atoms with Gasteiger partial charge >= 0.3 is 0 Å². The summed E-state index contributed by atoms with van der Waals surface area (Å²) in [6.45, 7) is 0. The standard InChI is InChI=1S/C13H12N2O/c16-13-11(8-9-4-3-7-14-9)10-5-1-2-6-12(10)15-13/h1-4,6-8,10,14H,5H2,(H,15,16). The number of aromatic amines is 1. The minimum atomic E-state index is 0.0227. The normalized spacial score (nSPS) is 25.5. The third-order valence-electron chi connectivity index (χ3n) is 2.99. The quantitative estimate of drug-likeness (QED) is 0.687. The van der Waals surface area contributed by atoms with Gasteiger partial charge in [0.2, 0.25) is 0 Å². The Kier molecular flexibility index (Phi) is 2.03. The van der Waals surface area contributed by atoms with Crippen molar-refractivity contribution < 1.29 is 4.79 Å². The maximum atomic E-state index is 11.8. The molecule has 1 aromatic rings. The summed E-state index contributed by atoms with van der Waals surface area (Å²) in [5.41, 5.74) is 2.84. The summed E-state index contributed by atoms with van der Waals surface area (Å²) in [5.74, 6) is 0.232. The number of fused-ring (bicyclic) bond motifs is 1. The van der Waals surface area contributed by atoms with Crippen molar-refractivity contribution >= 4 is 12.0 Å². The predicted molar refractivity (Wildman–Crippen MR) is 62.2 cm³/mol. The molecule has 3 heteroatoms. The molecule has 0 radical (unpaired) electrons. The van der Waals surface area contributed by atoms with E-state index in [1.54, 1.807) is 0 Å². The Labute approximate surface area is 93.6 Å². The highest BCUT2D eigenvalue weighted by atomic mass is 16.2. The van der Waals surface area contributed by atoms with Crippen LogP contribution in [0.5, 0.6) is 0 Å². The number of hydrogen-bond donors (Lipinski definition) is 2. The van der Waals surface area contributed by atoms with Crippen LogP contribution < -0.4 is 5.32 Å². The molecule has 1 saturated heterocycles. The summed E-state index contributed by atoms with van der Waals surface area (Å²) in [6.07, 6.45) is 10.7. The first-order chi connectivity index (χ1) is 7.84. The number of hydrogen-bond acceptors (Lipinski definition) is 1. The molecule has 2 N–H and O–H groups in total. The third kappa shape index (κ3) is 1.41. The number of nitrogens with one attached hydrogen (secondary N) is 2. The van der Waals surface area contributed by atoms with E-state index in [9.17, 15) is 4.79 Å². The van der Waals surface area contributed by atoms with E-state index in [2.05, 4.69) is 16.4 Å². The van der Waals surface area contributed by atoms with Crippen LogP contribution in [0.25, 0.3) is 6.08 Å². The van der Waals surface area contributed by atoms with Gasteiger partial charge in [-0.15, -0.1) is 0 Å². The maximum Gasteiger partial charge on any atom is 0.252 e. The average Bonchev–Trinajstić information content (AvgIpc) is 2.89. The van der Waals surface area contributed by atoms with Crippen molar-refractivity contribution in [3.63, 3.8) is 0 Å². The molecule has 1 amide bonds. The fraction of sp³-hybridized carbons (Fsp3) is 0.154. The zero-order chi connectivity index (χ0) is 11.0. The molecule has 1 unspecified atom stereocenters. The van der Waals surface area contributed by atoms with E-state index >= 15 is 0 Å². The maximum absolute atomic E-state index is 11.8. The molecule has 0 spiro atoms. The molecule has 3 nitrogen and oxygen atoms in total. The molecule has 0 bridgehead atoms. The number of aromatic nitrogens is 1. The zero-order valence-corrected chi connectivity index (χ0v) is 8.73. The molecule has 1 aliphatic heterocycles. The van der Waals surface area contributed by atoms with Crippen LogP contribution in [-0.2, 0) is 4.79 Å². The van der Waals surface area contributed by atoms with Crippen LogP contribution in [-0.4, -0.2) is 10.9 Å². The van der Waals surface area contributed by atoms with Crippen molar-refractivity contribution in [2.24, 2.45) is 5.92 Å². The second-order valence-corrected chi connectivity index (χ2v) is 4.02. The Morgan fingerprint density at radius 3 is 3.19 bits per heavy atom. The molecule has 1 aromatic heterocycles. The summed E-state index contributed by atoms with van der Waals surface area (Å²) >= 11 is 0. The summed E-state index contributed by atoms with van der Waals surface area (Å²) < 4.78 is 0. The van der Waals surface area contributed by atoms with E-state index < -0.39 is 0 Å². The van der Waals surface area contributed by atoms with E-state index in [1.165, 1.54) is 0 Å². The number of amides is 1. The van der Waals surface area contributed by atoms with Crippen LogP contribution in [0, 0.1) is 5.92 Å². The van der Waals surface area contributed by atoms with Crippen molar-refractivity contribution in [3.8, 4) is 0 Å². The number of carbonyl (C=O) groups is 1. The van der Waals surface area contributed by atoms with E-state index in [-0.39, 0.29) is 11.8 Å². The number of allylic oxidation sites excluding steroid dienone is 4. The second kappa shape index (κ2) is 3.52. The van der Waals surface area contributed by atoms with Gasteiger partial charge in [0, 0.05) is 29.1 Å². The molecule has 1 atom stereocenters. The molecule has 1 fully saturated rings. The van der Waals surface area contributed by atoms with Gasteiger partial charge < -0.3 is 10.3 Å². The largest absolute Gasteiger partial charge is 0.362 e. The molecule has 2 aliphatic rings. The minimum Gasteiger partial charge on any atom is -0.362 e. The van der Waals surface area contributed by atoms with E-state index in [1.807, 2.05) is 36.6 Å². The highest BCUT2D eigenvalue weighted by Gasteiger charge is 2.32. The Morgan fingerprint density at radius 2 is 2.38 bits per heavy atom. The van der Waals surface area contributed by atoms with E-state index in [4.69, 9.17) is 0 Å². The van der Waals surface area contributed by atoms with Gasteiger partial charge in [0.25, 0.3) is 5.91 Å². The van der Waals surface area contributed by atoms with Crippen molar-refractivity contribution in [2.45, 2.75) is 6.42 Å². The van der Waals surface area contributed by atoms with Crippen molar-refractivity contribution in [2.75, 3.05) is 0 Å². The van der Waals surface area contributed by atoms with Gasteiger partial charge in [-0.05, 0) is 30.7 Å². The summed E-state index contributed by atoms with van der Waals surface area (Å²) in [4.78, 5) is 14.9. The third-order valence-corrected chi connectivity index (χ3v) is 2.99. The van der Waals surface area contributed by atoms with Crippen LogP contribution in [0.3, 0.4) is 0 Å². The van der Waals surface area contributed by atoms with Gasteiger partial charge in [-0.1, -0.05) is 12.2 Å². The highest BCUT2D eigenvalue weighted by Crippen LogP contribution is 2.32. The van der Waals surface area contributed by atoms with Gasteiger partial charge in [0.1, 0.15) is 0 Å². The van der Waals surface area contributed by atoms with Crippen molar-refractivity contribution in [3.05, 3.63) is 53.5 Å². The van der Waals surface area contributed by atoms with Gasteiger partial charge in [-0.2, -0.15) is 0 Å². The predicted octanol–water partition coefficient (Wildman–Crippen LogP) is 1.99. The van der Waals surface area contributed by atoms with Gasteiger partial charge in [0.15, 0.2) is 0 Å². The monoisotopic (exact) mass is 212 g/mol. The Balaban J connectivity index is 1.99. The lowest BCUT2D eigenvalue weighted by atomic mass is 9.92. The molecule has 0 saturated carbocycles. The Morgan fingerprint density at radius 1 is 1.44 bits per heavy atom. The van der Waals surface area contributed by atoms with Crippen LogP contribution in [0.15, 0.2) is 47.8 Å². The topological polar surface area (TPSA) is 44.9 Å². The molecular weight excluding hydrogens is 200 g/mol. The van der Waals surface area contributed by atoms with Gasteiger partial charge in [-0.3, -0.25) is 4.79 Å². The summed E-state index contributed by atoms with van der Waals surface area (Å²) in [7, 11) is 0. The van der Waals surface area contributed by atoms with Crippen molar-refractivity contribution in [1.82, 2.24) is 10.3 Å². The fourth-order valence-corrected chi connectivity index (χ4v) is 2.18. The summed E-state index contributed by atoms with van der Waals surface area (Å²) in [5, 5.41) is 2.91. The first kappa shape index (κ1) is 9.21. The van der Waals surface area contributed by atoms with Crippen LogP contribution in [0.2, 0.25) is 0 Å². The van der Waals surface area contributed by atoms with Gasteiger partial charge in [0.05, 0.1) is 0 Å². The van der Waals surface area contributed by atoms with Crippen LogP contribution in [0.1, 0.15) is 12.1 Å². The lowest BCUT2D eigenvalue weighted by Gasteiger charge is -2.11. The van der Waals surface area contributed by atoms with Crippen LogP contribution >= 0.6 is 0 Å². The van der Waals surface area contributed by atoms with Crippen molar-refractivity contribution in [1.29, 1.82) is 0 Å². The first-order valence-electron chi connectivity index (χ1n) is 5.37. The molecule has 0 aromatic carbocycles. The smallest absolute Gasteiger partial charge is 0.252 e. The molecular formula is C13H12N2O. The van der Waals surface area contributed by atoms with E-state index in [0.29, 0.717) is 0 Å². The second-order valence-electron chi connectivity index (χ2n) is 4.02. The zero-order valence-electron chi connectivity index (χ0n) is 8.73. The molecule has 1 aliphatic carbocycles. The number of carbonyl (C=O) groups excluding carboxylic acids is 1. The lowest BCUT2D eigenvalue weighted by molar-refractivity contribution is -0.115. The molecule has 16 heavy (non-hydrogen) atoms. The van der Waals surface area contributed by atoms with E-state index in [0.717, 1.165) is 23.4 Å². The number of rotatable bonds is 1. The highest BCUT2D eigenvalue weighted by molar-refractivity contribution is 6.03. The number of H-pyrrole nitrogens is 1. The SMILES string of the molecule is O=C1NC2=CC=CCC2C1=Cc1ccc[nH]1. The fourth-order valence-electron chi connectivity index (χ4n) is 2.18. The Bertz CT molecular complexity index is 506. The first-order valence-corrected chi connectivity index (χ1v) is 5.37. The average molecular weight is 212 g/mol. The van der Waals surface area contributed by atoms with Crippen LogP contribution in [0.4, 0.5) is 0 Å². The van der Waals surface area contributed by atoms with Gasteiger partial charge in [-0.25, -0.2) is 0 Å². The minimum absolute atomic E-state index is 0.0227. The Hall–Kier alpha value is -2.03. The molecule has 2 heterocycles.